The molecule has 1 N–H and O–H groups in total. The Morgan fingerprint density at radius 1 is 1.18 bits per heavy atom. The van der Waals surface area contributed by atoms with Gasteiger partial charge in [0.2, 0.25) is 11.6 Å². The fraction of sp³-hybridized carbons (Fsp3) is 0.312. The van der Waals surface area contributed by atoms with Crippen LogP contribution in [0.5, 0.6) is 0 Å². The van der Waals surface area contributed by atoms with Crippen LogP contribution in [0.3, 0.4) is 0 Å². The summed E-state index contributed by atoms with van der Waals surface area (Å²) in [5, 5.41) is 9.19. The van der Waals surface area contributed by atoms with Crippen molar-refractivity contribution in [1.29, 1.82) is 0 Å². The predicted molar refractivity (Wildman–Crippen MR) is 83.0 cm³/mol. The van der Waals surface area contributed by atoms with Crippen molar-refractivity contribution in [3.63, 3.8) is 0 Å². The highest BCUT2D eigenvalue weighted by molar-refractivity contribution is 9.12. The number of nitrogens with zero attached hydrogens (tertiary/aromatic N) is 1. The third-order valence-electron chi connectivity index (χ3n) is 4.13. The van der Waals surface area contributed by atoms with Crippen LogP contribution in [0.1, 0.15) is 33.6 Å². The molecule has 1 heterocycles. The number of benzene rings is 1. The minimum atomic E-state index is -0.864. The Morgan fingerprint density at radius 3 is 2.45 bits per heavy atom. The Labute approximate surface area is 135 Å². The summed E-state index contributed by atoms with van der Waals surface area (Å²) in [6.45, 7) is 0.830. The van der Waals surface area contributed by atoms with Crippen molar-refractivity contribution >= 4 is 33.5 Å². The van der Waals surface area contributed by atoms with Gasteiger partial charge in [0.1, 0.15) is 5.70 Å². The van der Waals surface area contributed by atoms with Gasteiger partial charge < -0.3 is 10.0 Å². The average molecular weight is 364 g/mol. The quantitative estimate of drug-likeness (QED) is 0.873. The van der Waals surface area contributed by atoms with Gasteiger partial charge in [0, 0.05) is 24.2 Å². The molecule has 0 radical (unpaired) electrons. The second-order valence-electron chi connectivity index (χ2n) is 5.49. The van der Waals surface area contributed by atoms with Crippen LogP contribution in [0.2, 0.25) is 0 Å². The van der Waals surface area contributed by atoms with E-state index in [-0.39, 0.29) is 28.3 Å². The summed E-state index contributed by atoms with van der Waals surface area (Å²) in [6.07, 6.45) is 1.28. The van der Waals surface area contributed by atoms with Crippen LogP contribution in [0.25, 0.3) is 0 Å². The van der Waals surface area contributed by atoms with E-state index in [0.717, 1.165) is 0 Å². The van der Waals surface area contributed by atoms with Gasteiger partial charge in [-0.3, -0.25) is 14.4 Å². The number of hydrogen-bond donors (Lipinski definition) is 1. The molecule has 0 spiro atoms. The van der Waals surface area contributed by atoms with Gasteiger partial charge in [-0.2, -0.15) is 0 Å². The van der Waals surface area contributed by atoms with E-state index in [1.54, 1.807) is 29.2 Å². The number of halogens is 1. The minimum Gasteiger partial charge on any atom is -0.481 e. The van der Waals surface area contributed by atoms with Gasteiger partial charge in [-0.15, -0.1) is 0 Å². The number of piperidine rings is 1. The highest BCUT2D eigenvalue weighted by atomic mass is 79.9. The largest absolute Gasteiger partial charge is 0.481 e. The average Bonchev–Trinajstić information content (AvgIpc) is 2.53. The molecular formula is C16H14BrNO4. The first kappa shape index (κ1) is 15.0. The van der Waals surface area contributed by atoms with Crippen molar-refractivity contribution in [2.24, 2.45) is 5.92 Å². The van der Waals surface area contributed by atoms with Crippen LogP contribution >= 0.6 is 15.9 Å². The summed E-state index contributed by atoms with van der Waals surface area (Å²) >= 11 is 3.24. The second kappa shape index (κ2) is 5.68. The van der Waals surface area contributed by atoms with E-state index in [1.165, 1.54) is 0 Å². The van der Waals surface area contributed by atoms with Crippen molar-refractivity contribution in [2.75, 3.05) is 13.1 Å². The molecule has 0 amide bonds. The molecular weight excluding hydrogens is 350 g/mol. The normalized spacial score (nSPS) is 21.9. The van der Waals surface area contributed by atoms with Crippen molar-refractivity contribution in [1.82, 2.24) is 4.90 Å². The number of hydrogen-bond acceptors (Lipinski definition) is 4. The molecule has 6 heteroatoms. The molecule has 22 heavy (non-hydrogen) atoms. The van der Waals surface area contributed by atoms with Gasteiger partial charge in [-0.1, -0.05) is 24.3 Å². The van der Waals surface area contributed by atoms with Crippen LogP contribution < -0.4 is 0 Å². The molecule has 3 rings (SSSR count). The van der Waals surface area contributed by atoms with Gasteiger partial charge in [-0.05, 0) is 28.8 Å². The summed E-state index contributed by atoms with van der Waals surface area (Å²) in [5.74, 6) is -1.84. The Hall–Kier alpha value is -1.95. The van der Waals surface area contributed by atoms with E-state index in [2.05, 4.69) is 15.9 Å². The number of carboxylic acid groups (broad SMARTS) is 1. The first-order chi connectivity index (χ1) is 10.5. The zero-order valence-corrected chi connectivity index (χ0v) is 13.3. The summed E-state index contributed by atoms with van der Waals surface area (Å²) in [4.78, 5) is 38.1. The second-order valence-corrected chi connectivity index (χ2v) is 6.28. The van der Waals surface area contributed by atoms with Crippen molar-refractivity contribution < 1.29 is 19.5 Å². The van der Waals surface area contributed by atoms with Crippen molar-refractivity contribution in [2.45, 2.75) is 12.8 Å². The maximum Gasteiger partial charge on any atom is 0.308 e. The number of Topliss-reactive ketones (excluding diaryl/α,β-unsaturated/α-hetero) is 2. The molecule has 5 nitrogen and oxygen atoms in total. The number of fused-ring (bicyclic) bond motifs is 1. The monoisotopic (exact) mass is 363 g/mol. The zero-order valence-electron chi connectivity index (χ0n) is 11.7. The molecule has 1 atom stereocenters. The van der Waals surface area contributed by atoms with E-state index < -0.39 is 11.9 Å². The summed E-state index contributed by atoms with van der Waals surface area (Å²) < 4.78 is 0.224. The Balaban J connectivity index is 2.00. The first-order valence-corrected chi connectivity index (χ1v) is 7.86. The molecule has 1 aliphatic heterocycles. The lowest BCUT2D eigenvalue weighted by atomic mass is 9.90. The van der Waals surface area contributed by atoms with E-state index in [0.29, 0.717) is 30.5 Å². The number of rotatable bonds is 2. The minimum absolute atomic E-state index is 0.224. The highest BCUT2D eigenvalue weighted by Gasteiger charge is 2.36. The third kappa shape index (κ3) is 2.37. The topological polar surface area (TPSA) is 74.7 Å². The van der Waals surface area contributed by atoms with Gasteiger partial charge in [0.05, 0.1) is 10.4 Å². The van der Waals surface area contributed by atoms with Crippen LogP contribution in [-0.2, 0) is 4.79 Å². The number of ketones is 2. The Morgan fingerprint density at radius 2 is 1.82 bits per heavy atom. The van der Waals surface area contributed by atoms with E-state index >= 15 is 0 Å². The van der Waals surface area contributed by atoms with Crippen molar-refractivity contribution in [3.8, 4) is 0 Å². The molecule has 1 aromatic rings. The molecule has 0 bridgehead atoms. The van der Waals surface area contributed by atoms with E-state index in [9.17, 15) is 19.5 Å². The molecule has 1 unspecified atom stereocenters. The first-order valence-electron chi connectivity index (χ1n) is 7.06. The fourth-order valence-electron chi connectivity index (χ4n) is 3.00. The van der Waals surface area contributed by atoms with Crippen LogP contribution in [0.15, 0.2) is 34.4 Å². The Kier molecular flexibility index (Phi) is 3.87. The number of carbonyl (C=O) groups excluding carboxylic acids is 2. The summed E-state index contributed by atoms with van der Waals surface area (Å²) in [5.41, 5.74) is 1.05. The van der Waals surface area contributed by atoms with Crippen LogP contribution in [-0.4, -0.2) is 40.6 Å². The lowest BCUT2D eigenvalue weighted by Crippen LogP contribution is -2.42. The third-order valence-corrected chi connectivity index (χ3v) is 4.86. The maximum absolute atomic E-state index is 12.7. The predicted octanol–water partition coefficient (Wildman–Crippen LogP) is 2.47. The Bertz CT molecular complexity index is 710. The number of likely N-dealkylation sites (tertiary alicyclic amines) is 1. The molecule has 1 saturated heterocycles. The van der Waals surface area contributed by atoms with Gasteiger partial charge >= 0.3 is 5.97 Å². The van der Waals surface area contributed by atoms with Gasteiger partial charge in [0.25, 0.3) is 0 Å². The number of carbonyl (C=O) groups is 3. The van der Waals surface area contributed by atoms with Gasteiger partial charge in [-0.25, -0.2) is 0 Å². The van der Waals surface area contributed by atoms with Gasteiger partial charge in [0.15, 0.2) is 0 Å². The fourth-order valence-corrected chi connectivity index (χ4v) is 3.64. The highest BCUT2D eigenvalue weighted by Crippen LogP contribution is 2.33. The van der Waals surface area contributed by atoms with Crippen LogP contribution in [0, 0.1) is 5.92 Å². The smallest absolute Gasteiger partial charge is 0.308 e. The van der Waals surface area contributed by atoms with Crippen LogP contribution in [0.4, 0.5) is 0 Å². The number of carboxylic acids is 1. The summed E-state index contributed by atoms with van der Waals surface area (Å²) in [7, 11) is 0. The summed E-state index contributed by atoms with van der Waals surface area (Å²) in [6, 6.07) is 6.70. The molecule has 1 aromatic carbocycles. The number of aliphatic carboxylic acids is 1. The van der Waals surface area contributed by atoms with E-state index in [1.807, 2.05) is 0 Å². The molecule has 1 aliphatic carbocycles. The number of allylic oxidation sites excluding steroid dienone is 2. The zero-order chi connectivity index (χ0) is 15.9. The molecule has 0 aromatic heterocycles. The maximum atomic E-state index is 12.7. The molecule has 1 fully saturated rings. The standard InChI is InChI=1S/C16H14BrNO4/c17-12-13(18-7-3-4-9(8-18)16(21)22)15(20)11-6-2-1-5-10(11)14(12)19/h1-2,5-6,9H,3-4,7-8H2,(H,21,22). The van der Waals surface area contributed by atoms with Crippen molar-refractivity contribution in [3.05, 3.63) is 45.6 Å². The molecule has 0 saturated carbocycles. The van der Waals surface area contributed by atoms with E-state index in [4.69, 9.17) is 0 Å². The molecule has 114 valence electrons. The SMILES string of the molecule is O=C1C(Br)=C(N2CCCC(C(=O)O)C2)C(=O)c2ccccc21. The lowest BCUT2D eigenvalue weighted by molar-refractivity contribution is -0.143. The molecule has 2 aliphatic rings. The lowest BCUT2D eigenvalue weighted by Gasteiger charge is -2.35.